The number of nitrogens with one attached hydrogen (secondary N) is 1. The summed E-state index contributed by atoms with van der Waals surface area (Å²) >= 11 is 5.87. The minimum Gasteiger partial charge on any atom is -0.314 e. The molecule has 0 bridgehead atoms. The van der Waals surface area contributed by atoms with E-state index in [1.165, 1.54) is 18.4 Å². The number of halogens is 1. The van der Waals surface area contributed by atoms with Crippen LogP contribution in [0.4, 0.5) is 0 Å². The predicted octanol–water partition coefficient (Wildman–Crippen LogP) is 4.30. The van der Waals surface area contributed by atoms with Crippen molar-refractivity contribution in [2.45, 2.75) is 46.1 Å². The molecule has 0 heterocycles. The number of benzene rings is 1. The van der Waals surface area contributed by atoms with Crippen LogP contribution < -0.4 is 5.32 Å². The Bertz CT molecular complexity index is 305. The second-order valence-electron chi connectivity index (χ2n) is 4.93. The van der Waals surface area contributed by atoms with E-state index in [0.717, 1.165) is 18.0 Å². The lowest BCUT2D eigenvalue weighted by Crippen LogP contribution is -2.33. The molecule has 1 aromatic rings. The van der Waals surface area contributed by atoms with Crippen molar-refractivity contribution in [2.24, 2.45) is 5.92 Å². The molecule has 1 nitrogen and oxygen atoms in total. The van der Waals surface area contributed by atoms with E-state index in [2.05, 4.69) is 38.2 Å². The lowest BCUT2D eigenvalue weighted by Gasteiger charge is -2.21. The Morgan fingerprint density at radius 3 is 2.35 bits per heavy atom. The van der Waals surface area contributed by atoms with E-state index in [0.29, 0.717) is 12.0 Å². The Morgan fingerprint density at radius 1 is 1.18 bits per heavy atom. The summed E-state index contributed by atoms with van der Waals surface area (Å²) in [6.45, 7) is 7.81. The van der Waals surface area contributed by atoms with Gasteiger partial charge in [-0.1, -0.05) is 44.5 Å². The number of hydrogen-bond donors (Lipinski definition) is 1. The van der Waals surface area contributed by atoms with Crippen molar-refractivity contribution in [3.05, 3.63) is 34.9 Å². The SMILES string of the molecule is CCNC(CCCc1ccc(Cl)cc1)C(C)C. The molecule has 1 N–H and O–H groups in total. The molecule has 1 aromatic carbocycles. The fourth-order valence-electron chi connectivity index (χ4n) is 2.11. The van der Waals surface area contributed by atoms with E-state index in [-0.39, 0.29) is 0 Å². The van der Waals surface area contributed by atoms with E-state index in [9.17, 15) is 0 Å². The van der Waals surface area contributed by atoms with Gasteiger partial charge >= 0.3 is 0 Å². The van der Waals surface area contributed by atoms with Crippen LogP contribution in [0.25, 0.3) is 0 Å². The van der Waals surface area contributed by atoms with Crippen LogP contribution in [-0.4, -0.2) is 12.6 Å². The molecule has 0 aliphatic rings. The third-order valence-electron chi connectivity index (χ3n) is 3.16. The minimum atomic E-state index is 0.646. The van der Waals surface area contributed by atoms with Crippen LogP contribution in [0, 0.1) is 5.92 Å². The van der Waals surface area contributed by atoms with Crippen molar-refractivity contribution >= 4 is 11.6 Å². The highest BCUT2D eigenvalue weighted by Gasteiger charge is 2.10. The van der Waals surface area contributed by atoms with Crippen molar-refractivity contribution < 1.29 is 0 Å². The van der Waals surface area contributed by atoms with Gasteiger partial charge in [-0.3, -0.25) is 0 Å². The minimum absolute atomic E-state index is 0.646. The molecule has 96 valence electrons. The zero-order valence-electron chi connectivity index (χ0n) is 11.2. The quantitative estimate of drug-likeness (QED) is 0.764. The van der Waals surface area contributed by atoms with E-state index in [4.69, 9.17) is 11.6 Å². The summed E-state index contributed by atoms with van der Waals surface area (Å²) in [5.41, 5.74) is 1.38. The van der Waals surface area contributed by atoms with Crippen molar-refractivity contribution in [3.63, 3.8) is 0 Å². The molecule has 0 aromatic heterocycles. The summed E-state index contributed by atoms with van der Waals surface area (Å²) in [5.74, 6) is 0.708. The molecule has 1 rings (SSSR count). The Kier molecular flexibility index (Phi) is 6.61. The first kappa shape index (κ1) is 14.5. The zero-order chi connectivity index (χ0) is 12.7. The molecule has 0 aliphatic heterocycles. The molecule has 0 saturated heterocycles. The molecule has 0 saturated carbocycles. The first-order valence-corrected chi connectivity index (χ1v) is 6.99. The first-order valence-electron chi connectivity index (χ1n) is 6.61. The van der Waals surface area contributed by atoms with Gasteiger partial charge in [0.05, 0.1) is 0 Å². The molecular formula is C15H24ClN. The number of rotatable bonds is 7. The molecule has 0 fully saturated rings. The van der Waals surface area contributed by atoms with Gasteiger partial charge in [-0.05, 0) is 49.4 Å². The highest BCUT2D eigenvalue weighted by molar-refractivity contribution is 6.30. The van der Waals surface area contributed by atoms with Crippen molar-refractivity contribution in [2.75, 3.05) is 6.54 Å². The standard InChI is InChI=1S/C15H24ClN/c1-4-17-15(12(2)3)7-5-6-13-8-10-14(16)11-9-13/h8-12,15,17H,4-7H2,1-3H3. The van der Waals surface area contributed by atoms with Crippen LogP contribution in [0.3, 0.4) is 0 Å². The normalized spacial score (nSPS) is 13.0. The molecule has 0 amide bonds. The highest BCUT2D eigenvalue weighted by Crippen LogP contribution is 2.14. The van der Waals surface area contributed by atoms with Crippen molar-refractivity contribution in [3.8, 4) is 0 Å². The fourth-order valence-corrected chi connectivity index (χ4v) is 2.24. The summed E-state index contributed by atoms with van der Waals surface area (Å²) < 4.78 is 0. The topological polar surface area (TPSA) is 12.0 Å². The summed E-state index contributed by atoms with van der Waals surface area (Å²) in [7, 11) is 0. The lowest BCUT2D eigenvalue weighted by atomic mass is 9.97. The number of hydrogen-bond acceptors (Lipinski definition) is 1. The van der Waals surface area contributed by atoms with E-state index in [1.54, 1.807) is 0 Å². The average molecular weight is 254 g/mol. The maximum Gasteiger partial charge on any atom is 0.0406 e. The van der Waals surface area contributed by atoms with Gasteiger partial charge in [-0.15, -0.1) is 0 Å². The maximum atomic E-state index is 5.87. The third kappa shape index (κ3) is 5.56. The van der Waals surface area contributed by atoms with Crippen molar-refractivity contribution in [1.29, 1.82) is 0 Å². The molecule has 0 radical (unpaired) electrons. The van der Waals surface area contributed by atoms with E-state index >= 15 is 0 Å². The maximum absolute atomic E-state index is 5.87. The molecule has 17 heavy (non-hydrogen) atoms. The first-order chi connectivity index (χ1) is 8.13. The Hall–Kier alpha value is -0.530. The molecule has 0 spiro atoms. The van der Waals surface area contributed by atoms with Gasteiger partial charge in [0.1, 0.15) is 0 Å². The Labute approximate surface area is 111 Å². The van der Waals surface area contributed by atoms with Crippen LogP contribution in [0.5, 0.6) is 0 Å². The Morgan fingerprint density at radius 2 is 1.82 bits per heavy atom. The monoisotopic (exact) mass is 253 g/mol. The molecule has 0 aliphatic carbocycles. The summed E-state index contributed by atoms with van der Waals surface area (Å²) in [6.07, 6.45) is 3.62. The van der Waals surface area contributed by atoms with Gasteiger partial charge < -0.3 is 5.32 Å². The van der Waals surface area contributed by atoms with Gasteiger partial charge in [0.25, 0.3) is 0 Å². The van der Waals surface area contributed by atoms with Crippen LogP contribution in [-0.2, 0) is 6.42 Å². The zero-order valence-corrected chi connectivity index (χ0v) is 11.9. The number of aryl methyl sites for hydroxylation is 1. The van der Waals surface area contributed by atoms with Gasteiger partial charge in [0, 0.05) is 11.1 Å². The summed E-state index contributed by atoms with van der Waals surface area (Å²) in [5, 5.41) is 4.38. The predicted molar refractivity (Wildman–Crippen MR) is 76.7 cm³/mol. The lowest BCUT2D eigenvalue weighted by molar-refractivity contribution is 0.377. The summed E-state index contributed by atoms with van der Waals surface area (Å²) in [4.78, 5) is 0. The molecular weight excluding hydrogens is 230 g/mol. The highest BCUT2D eigenvalue weighted by atomic mass is 35.5. The van der Waals surface area contributed by atoms with E-state index in [1.807, 2.05) is 12.1 Å². The van der Waals surface area contributed by atoms with Gasteiger partial charge in [-0.25, -0.2) is 0 Å². The van der Waals surface area contributed by atoms with Gasteiger partial charge in [0.15, 0.2) is 0 Å². The second kappa shape index (κ2) is 7.73. The van der Waals surface area contributed by atoms with Gasteiger partial charge in [0.2, 0.25) is 0 Å². The van der Waals surface area contributed by atoms with E-state index < -0.39 is 0 Å². The van der Waals surface area contributed by atoms with Crippen molar-refractivity contribution in [1.82, 2.24) is 5.32 Å². The fraction of sp³-hybridized carbons (Fsp3) is 0.600. The molecule has 2 heteroatoms. The van der Waals surface area contributed by atoms with Gasteiger partial charge in [-0.2, -0.15) is 0 Å². The second-order valence-corrected chi connectivity index (χ2v) is 5.36. The largest absolute Gasteiger partial charge is 0.314 e. The third-order valence-corrected chi connectivity index (χ3v) is 3.42. The van der Waals surface area contributed by atoms with Crippen LogP contribution in [0.15, 0.2) is 24.3 Å². The molecule has 1 unspecified atom stereocenters. The van der Waals surface area contributed by atoms with Crippen LogP contribution in [0.2, 0.25) is 5.02 Å². The Balaban J connectivity index is 2.33. The molecule has 1 atom stereocenters. The van der Waals surface area contributed by atoms with Crippen LogP contribution >= 0.6 is 11.6 Å². The smallest absolute Gasteiger partial charge is 0.0406 e. The average Bonchev–Trinajstić information content (AvgIpc) is 2.30. The summed E-state index contributed by atoms with van der Waals surface area (Å²) in [6, 6.07) is 8.84. The van der Waals surface area contributed by atoms with Crippen LogP contribution in [0.1, 0.15) is 39.2 Å².